The van der Waals surface area contributed by atoms with Crippen molar-refractivity contribution in [3.63, 3.8) is 0 Å². The smallest absolute Gasteiger partial charge is 0.303 e. The fraction of sp³-hybridized carbons (Fsp3) is 0.500. The SMILES string of the molecule is CC(=O)O[C@@H](C#C[Si](C)(C)C)C[C@@H]1c2cc3c(cc2CN2CC[C@H](OC(=S)n4ccnc4)[C@@H]12)OCO3. The van der Waals surface area contributed by atoms with Crippen LogP contribution in [0.3, 0.4) is 0 Å². The van der Waals surface area contributed by atoms with Crippen molar-refractivity contribution in [3.05, 3.63) is 42.0 Å². The number of hydrogen-bond acceptors (Lipinski definition) is 8. The molecular weight excluding hydrogens is 494 g/mol. The number of nitrogens with zero attached hydrogens (tertiary/aromatic N) is 3. The van der Waals surface area contributed by atoms with Crippen LogP contribution in [0.1, 0.15) is 36.8 Å². The fourth-order valence-electron chi connectivity index (χ4n) is 5.25. The number of carbonyl (C=O) groups excluding carboxylic acids is 1. The molecule has 10 heteroatoms. The molecule has 36 heavy (non-hydrogen) atoms. The minimum Gasteiger partial charge on any atom is -0.465 e. The molecule has 3 aliphatic rings. The van der Waals surface area contributed by atoms with Crippen LogP contribution in [0.15, 0.2) is 30.9 Å². The summed E-state index contributed by atoms with van der Waals surface area (Å²) < 4.78 is 25.2. The standard InChI is InChI=1S/C26H31N3O5SSi/c1-17(30)33-19(6-10-36(2,3)4)12-21-20-13-24-23(31-16-32-24)11-18(20)14-28-8-5-22(25(21)28)34-26(35)29-9-7-27-15-29/h7,9,11,13,15,19,21-22,25H,5,8,12,14,16H2,1-4H3/t19-,21+,22-,25+/m0/s1. The van der Waals surface area contributed by atoms with Crippen LogP contribution in [-0.4, -0.2) is 65.3 Å². The summed E-state index contributed by atoms with van der Waals surface area (Å²) >= 11 is 5.57. The van der Waals surface area contributed by atoms with Gasteiger partial charge in [-0.05, 0) is 41.9 Å². The van der Waals surface area contributed by atoms with Crippen LogP contribution in [-0.2, 0) is 20.8 Å². The van der Waals surface area contributed by atoms with Gasteiger partial charge in [-0.15, -0.1) is 5.54 Å². The molecule has 1 saturated heterocycles. The van der Waals surface area contributed by atoms with E-state index in [0.29, 0.717) is 11.6 Å². The number of carbonyl (C=O) groups is 1. The maximum absolute atomic E-state index is 12.0. The second-order valence-corrected chi connectivity index (χ2v) is 15.6. The van der Waals surface area contributed by atoms with Crippen LogP contribution in [0.5, 0.6) is 11.5 Å². The summed E-state index contributed by atoms with van der Waals surface area (Å²) in [5, 5.41) is 0.379. The molecule has 2 aromatic rings. The first-order valence-electron chi connectivity index (χ1n) is 12.2. The van der Waals surface area contributed by atoms with Crippen molar-refractivity contribution in [2.75, 3.05) is 13.3 Å². The first kappa shape index (κ1) is 24.8. The Labute approximate surface area is 217 Å². The van der Waals surface area contributed by atoms with Gasteiger partial charge in [-0.3, -0.25) is 14.3 Å². The molecule has 5 rings (SSSR count). The summed E-state index contributed by atoms with van der Waals surface area (Å²) in [5.74, 6) is 4.48. The number of imidazole rings is 1. The van der Waals surface area contributed by atoms with Crippen LogP contribution in [0.25, 0.3) is 0 Å². The number of fused-ring (bicyclic) bond motifs is 3. The van der Waals surface area contributed by atoms with Crippen molar-refractivity contribution in [2.45, 2.75) is 70.1 Å². The normalized spacial score (nSPS) is 23.2. The van der Waals surface area contributed by atoms with Gasteiger partial charge < -0.3 is 18.9 Å². The third-order valence-electron chi connectivity index (χ3n) is 6.67. The quantitative estimate of drug-likeness (QED) is 0.259. The number of esters is 1. The van der Waals surface area contributed by atoms with Gasteiger partial charge in [-0.25, -0.2) is 4.98 Å². The molecule has 0 amide bonds. The van der Waals surface area contributed by atoms with Gasteiger partial charge in [0.05, 0.1) is 6.04 Å². The number of rotatable bonds is 4. The molecule has 0 aliphatic carbocycles. The van der Waals surface area contributed by atoms with Crippen molar-refractivity contribution < 1.29 is 23.7 Å². The molecule has 4 atom stereocenters. The van der Waals surface area contributed by atoms with Gasteiger partial charge >= 0.3 is 5.97 Å². The van der Waals surface area contributed by atoms with E-state index in [2.05, 4.69) is 53.1 Å². The predicted octanol–water partition coefficient (Wildman–Crippen LogP) is 3.70. The Bertz CT molecular complexity index is 1220. The van der Waals surface area contributed by atoms with Gasteiger partial charge in [0.25, 0.3) is 5.17 Å². The molecule has 1 fully saturated rings. The van der Waals surface area contributed by atoms with Crippen LogP contribution in [0.2, 0.25) is 19.6 Å². The van der Waals surface area contributed by atoms with Gasteiger partial charge in [0.2, 0.25) is 6.79 Å². The summed E-state index contributed by atoms with van der Waals surface area (Å²) in [6.07, 6.45) is 5.88. The lowest BCUT2D eigenvalue weighted by Gasteiger charge is -2.41. The molecule has 0 radical (unpaired) electrons. The number of aromatic nitrogens is 2. The summed E-state index contributed by atoms with van der Waals surface area (Å²) in [6, 6.07) is 4.21. The number of ether oxygens (including phenoxy) is 4. The largest absolute Gasteiger partial charge is 0.465 e. The Morgan fingerprint density at radius 1 is 1.31 bits per heavy atom. The zero-order valence-electron chi connectivity index (χ0n) is 21.0. The number of benzene rings is 1. The van der Waals surface area contributed by atoms with E-state index in [4.69, 9.17) is 31.2 Å². The number of hydrogen-bond donors (Lipinski definition) is 0. The molecular formula is C26H31N3O5SSi. The molecule has 0 unspecified atom stereocenters. The van der Waals surface area contributed by atoms with E-state index in [9.17, 15) is 4.79 Å². The van der Waals surface area contributed by atoms with Crippen molar-refractivity contribution >= 4 is 31.4 Å². The monoisotopic (exact) mass is 525 g/mol. The van der Waals surface area contributed by atoms with Crippen LogP contribution in [0, 0.1) is 11.5 Å². The molecule has 190 valence electrons. The molecule has 3 aliphatic heterocycles. The summed E-state index contributed by atoms with van der Waals surface area (Å²) in [4.78, 5) is 18.5. The summed E-state index contributed by atoms with van der Waals surface area (Å²) in [7, 11) is -1.66. The first-order valence-corrected chi connectivity index (χ1v) is 16.1. The van der Waals surface area contributed by atoms with Crippen molar-refractivity contribution in [3.8, 4) is 23.0 Å². The van der Waals surface area contributed by atoms with Gasteiger partial charge in [-0.2, -0.15) is 0 Å². The zero-order valence-corrected chi connectivity index (χ0v) is 22.8. The lowest BCUT2D eigenvalue weighted by Crippen LogP contribution is -2.46. The molecule has 0 spiro atoms. The fourth-order valence-corrected chi connectivity index (χ4v) is 6.07. The highest BCUT2D eigenvalue weighted by Gasteiger charge is 2.47. The third kappa shape index (κ3) is 5.28. The van der Waals surface area contributed by atoms with Crippen molar-refractivity contribution in [1.82, 2.24) is 14.5 Å². The topological polar surface area (TPSA) is 75.0 Å². The van der Waals surface area contributed by atoms with E-state index in [1.54, 1.807) is 23.3 Å². The van der Waals surface area contributed by atoms with Gasteiger partial charge in [0.15, 0.2) is 17.6 Å². The molecule has 0 N–H and O–H groups in total. The maximum atomic E-state index is 12.0. The Morgan fingerprint density at radius 2 is 2.08 bits per heavy atom. The Hall–Kier alpha value is -2.87. The van der Waals surface area contributed by atoms with E-state index in [1.165, 1.54) is 12.5 Å². The van der Waals surface area contributed by atoms with E-state index in [0.717, 1.165) is 36.6 Å². The molecule has 8 nitrogen and oxygen atoms in total. The van der Waals surface area contributed by atoms with E-state index in [-0.39, 0.29) is 30.8 Å². The average molecular weight is 526 g/mol. The van der Waals surface area contributed by atoms with Crippen molar-refractivity contribution in [2.24, 2.45) is 0 Å². The van der Waals surface area contributed by atoms with Crippen molar-refractivity contribution in [1.29, 1.82) is 0 Å². The minimum absolute atomic E-state index is 0.00150. The van der Waals surface area contributed by atoms with E-state index in [1.807, 2.05) is 0 Å². The van der Waals surface area contributed by atoms with Gasteiger partial charge in [0.1, 0.15) is 20.5 Å². The molecule has 0 bridgehead atoms. The molecule has 0 saturated carbocycles. The summed E-state index contributed by atoms with van der Waals surface area (Å²) in [5.41, 5.74) is 5.75. The highest BCUT2D eigenvalue weighted by atomic mass is 32.1. The van der Waals surface area contributed by atoms with Gasteiger partial charge in [0, 0.05) is 44.7 Å². The van der Waals surface area contributed by atoms with E-state index < -0.39 is 14.2 Å². The Kier molecular flexibility index (Phi) is 6.81. The van der Waals surface area contributed by atoms with E-state index >= 15 is 0 Å². The molecule has 4 heterocycles. The zero-order chi connectivity index (χ0) is 25.4. The second-order valence-electron chi connectivity index (χ2n) is 10.5. The average Bonchev–Trinajstić information content (AvgIpc) is 3.56. The minimum atomic E-state index is -1.66. The van der Waals surface area contributed by atoms with Gasteiger partial charge in [-0.1, -0.05) is 25.6 Å². The Morgan fingerprint density at radius 3 is 2.78 bits per heavy atom. The molecule has 1 aromatic carbocycles. The maximum Gasteiger partial charge on any atom is 0.303 e. The predicted molar refractivity (Wildman–Crippen MR) is 141 cm³/mol. The number of thiocarbonyl (C=S) groups is 1. The van der Waals surface area contributed by atoms with Crippen LogP contribution >= 0.6 is 12.2 Å². The molecule has 1 aromatic heterocycles. The third-order valence-corrected chi connectivity index (χ3v) is 7.88. The lowest BCUT2D eigenvalue weighted by molar-refractivity contribution is -0.144. The van der Waals surface area contributed by atoms with Crippen LogP contribution < -0.4 is 9.47 Å². The second kappa shape index (κ2) is 9.88. The highest BCUT2D eigenvalue weighted by Crippen LogP contribution is 2.47. The Balaban J connectivity index is 1.50. The first-order chi connectivity index (χ1) is 17.2. The van der Waals surface area contributed by atoms with Crippen LogP contribution in [0.4, 0.5) is 0 Å². The summed E-state index contributed by atoms with van der Waals surface area (Å²) in [6.45, 7) is 9.86. The lowest BCUT2D eigenvalue weighted by atomic mass is 9.79. The highest BCUT2D eigenvalue weighted by molar-refractivity contribution is 7.80.